The van der Waals surface area contributed by atoms with Gasteiger partial charge in [-0.2, -0.15) is 0 Å². The molecule has 1 N–H and O–H groups in total. The monoisotopic (exact) mass is 221 g/mol. The molecule has 1 aromatic rings. The normalized spacial score (nSPS) is 24.7. The second kappa shape index (κ2) is 4.14. The van der Waals surface area contributed by atoms with Crippen molar-refractivity contribution < 1.29 is 14.6 Å². The quantitative estimate of drug-likeness (QED) is 0.823. The summed E-state index contributed by atoms with van der Waals surface area (Å²) in [5.74, 6) is 0. The van der Waals surface area contributed by atoms with E-state index < -0.39 is 0 Å². The Labute approximate surface area is 94.4 Å². The predicted molar refractivity (Wildman–Crippen MR) is 59.0 cm³/mol. The molecule has 1 heterocycles. The highest BCUT2D eigenvalue weighted by molar-refractivity contribution is 5.70. The zero-order valence-electron chi connectivity index (χ0n) is 9.38. The zero-order valence-corrected chi connectivity index (χ0v) is 9.38. The second-order valence-corrected chi connectivity index (χ2v) is 4.08. The van der Waals surface area contributed by atoms with Crippen molar-refractivity contribution in [3.63, 3.8) is 0 Å². The Morgan fingerprint density at radius 3 is 2.88 bits per heavy atom. The standard InChI is InChI=1S/C12H15NO3/c1-8-4-3-5-9(6-8)11-10(7-14)13(2)12(15)16-11/h3-6,10-11,14H,7H2,1-2H3. The van der Waals surface area contributed by atoms with Crippen molar-refractivity contribution >= 4 is 6.09 Å². The van der Waals surface area contributed by atoms with E-state index >= 15 is 0 Å². The van der Waals surface area contributed by atoms with Gasteiger partial charge in [0.15, 0.2) is 6.10 Å². The summed E-state index contributed by atoms with van der Waals surface area (Å²) in [6.45, 7) is 1.89. The molecule has 4 heteroatoms. The lowest BCUT2D eigenvalue weighted by molar-refractivity contribution is 0.118. The summed E-state index contributed by atoms with van der Waals surface area (Å²) >= 11 is 0. The summed E-state index contributed by atoms with van der Waals surface area (Å²) in [5.41, 5.74) is 2.04. The summed E-state index contributed by atoms with van der Waals surface area (Å²) in [7, 11) is 1.64. The molecule has 0 radical (unpaired) electrons. The van der Waals surface area contributed by atoms with Gasteiger partial charge in [-0.1, -0.05) is 29.8 Å². The highest BCUT2D eigenvalue weighted by Gasteiger charge is 2.39. The highest BCUT2D eigenvalue weighted by Crippen LogP contribution is 2.31. The Kier molecular flexibility index (Phi) is 2.83. The fourth-order valence-electron chi connectivity index (χ4n) is 1.96. The predicted octanol–water partition coefficient (Wildman–Crippen LogP) is 1.48. The van der Waals surface area contributed by atoms with Crippen LogP contribution in [0.2, 0.25) is 0 Å². The van der Waals surface area contributed by atoms with E-state index in [4.69, 9.17) is 4.74 Å². The zero-order chi connectivity index (χ0) is 11.7. The molecular weight excluding hydrogens is 206 g/mol. The molecule has 2 atom stereocenters. The number of cyclic esters (lactones) is 1. The van der Waals surface area contributed by atoms with Gasteiger partial charge in [0.05, 0.1) is 12.6 Å². The number of carbonyl (C=O) groups excluding carboxylic acids is 1. The van der Waals surface area contributed by atoms with Crippen LogP contribution in [0.3, 0.4) is 0 Å². The molecule has 1 saturated heterocycles. The number of rotatable bonds is 2. The maximum atomic E-state index is 11.4. The maximum absolute atomic E-state index is 11.4. The minimum Gasteiger partial charge on any atom is -0.439 e. The Morgan fingerprint density at radius 2 is 2.25 bits per heavy atom. The van der Waals surface area contributed by atoms with Crippen LogP contribution in [0.25, 0.3) is 0 Å². The van der Waals surface area contributed by atoms with E-state index in [9.17, 15) is 9.90 Å². The van der Waals surface area contributed by atoms with Crippen molar-refractivity contribution in [3.8, 4) is 0 Å². The average Bonchev–Trinajstić information content (AvgIpc) is 2.55. The summed E-state index contributed by atoms with van der Waals surface area (Å²) in [6.07, 6.45) is -0.757. The van der Waals surface area contributed by atoms with Crippen molar-refractivity contribution in [2.24, 2.45) is 0 Å². The summed E-state index contributed by atoms with van der Waals surface area (Å²) in [6, 6.07) is 7.49. The molecule has 4 nitrogen and oxygen atoms in total. The molecule has 16 heavy (non-hydrogen) atoms. The number of aliphatic hydroxyl groups is 1. The van der Waals surface area contributed by atoms with Crippen molar-refractivity contribution in [1.82, 2.24) is 4.90 Å². The molecule has 0 spiro atoms. The van der Waals surface area contributed by atoms with E-state index in [1.807, 2.05) is 31.2 Å². The fraction of sp³-hybridized carbons (Fsp3) is 0.417. The van der Waals surface area contributed by atoms with Crippen LogP contribution < -0.4 is 0 Å². The van der Waals surface area contributed by atoms with Gasteiger partial charge in [0.1, 0.15) is 0 Å². The third-order valence-electron chi connectivity index (χ3n) is 2.92. The second-order valence-electron chi connectivity index (χ2n) is 4.08. The minimum absolute atomic E-state index is 0.0964. The SMILES string of the molecule is Cc1cccc(C2OC(=O)N(C)C2CO)c1. The molecule has 0 bridgehead atoms. The van der Waals surface area contributed by atoms with Crippen LogP contribution in [0.4, 0.5) is 4.79 Å². The van der Waals surface area contributed by atoms with Gasteiger partial charge in [0.25, 0.3) is 0 Å². The smallest absolute Gasteiger partial charge is 0.410 e. The van der Waals surface area contributed by atoms with E-state index in [-0.39, 0.29) is 24.8 Å². The molecule has 1 amide bonds. The van der Waals surface area contributed by atoms with Gasteiger partial charge in [-0.15, -0.1) is 0 Å². The van der Waals surface area contributed by atoms with Crippen LogP contribution in [-0.4, -0.2) is 35.8 Å². The Morgan fingerprint density at radius 1 is 1.50 bits per heavy atom. The molecule has 2 unspecified atom stereocenters. The third-order valence-corrected chi connectivity index (χ3v) is 2.92. The van der Waals surface area contributed by atoms with Crippen LogP contribution in [0.1, 0.15) is 17.2 Å². The Balaban J connectivity index is 2.30. The number of aryl methyl sites for hydroxylation is 1. The van der Waals surface area contributed by atoms with E-state index in [0.717, 1.165) is 11.1 Å². The van der Waals surface area contributed by atoms with Crippen molar-refractivity contribution in [2.45, 2.75) is 19.1 Å². The molecule has 0 aromatic heterocycles. The largest absolute Gasteiger partial charge is 0.439 e. The average molecular weight is 221 g/mol. The fourth-order valence-corrected chi connectivity index (χ4v) is 1.96. The number of likely N-dealkylation sites (N-methyl/N-ethyl adjacent to an activating group) is 1. The number of benzene rings is 1. The van der Waals surface area contributed by atoms with Crippen molar-refractivity contribution in [1.29, 1.82) is 0 Å². The number of amides is 1. The van der Waals surface area contributed by atoms with E-state index in [1.165, 1.54) is 4.90 Å². The van der Waals surface area contributed by atoms with Crippen LogP contribution in [-0.2, 0) is 4.74 Å². The molecule has 1 aliphatic rings. The molecule has 0 aliphatic carbocycles. The first kappa shape index (κ1) is 11.0. The number of hydrogen-bond donors (Lipinski definition) is 1. The molecular formula is C12H15NO3. The van der Waals surface area contributed by atoms with Gasteiger partial charge in [-0.25, -0.2) is 4.79 Å². The van der Waals surface area contributed by atoms with E-state index in [1.54, 1.807) is 7.05 Å². The molecule has 0 saturated carbocycles. The first-order chi connectivity index (χ1) is 7.63. The van der Waals surface area contributed by atoms with Gasteiger partial charge in [0, 0.05) is 7.05 Å². The molecule has 1 aliphatic heterocycles. The lowest BCUT2D eigenvalue weighted by Crippen LogP contribution is -2.33. The minimum atomic E-state index is -0.384. The van der Waals surface area contributed by atoms with Crippen LogP contribution in [0, 0.1) is 6.92 Å². The van der Waals surface area contributed by atoms with Gasteiger partial charge in [-0.3, -0.25) is 0 Å². The van der Waals surface area contributed by atoms with Crippen molar-refractivity contribution in [3.05, 3.63) is 35.4 Å². The maximum Gasteiger partial charge on any atom is 0.410 e. The number of carbonyl (C=O) groups is 1. The number of nitrogens with zero attached hydrogens (tertiary/aromatic N) is 1. The topological polar surface area (TPSA) is 49.8 Å². The van der Waals surface area contributed by atoms with Crippen LogP contribution in [0.5, 0.6) is 0 Å². The van der Waals surface area contributed by atoms with E-state index in [2.05, 4.69) is 0 Å². The van der Waals surface area contributed by atoms with Gasteiger partial charge >= 0.3 is 6.09 Å². The number of hydrogen-bond acceptors (Lipinski definition) is 3. The lowest BCUT2D eigenvalue weighted by atomic mass is 10.0. The molecule has 1 fully saturated rings. The van der Waals surface area contributed by atoms with Crippen LogP contribution >= 0.6 is 0 Å². The number of aliphatic hydroxyl groups excluding tert-OH is 1. The Bertz CT molecular complexity index is 405. The van der Waals surface area contributed by atoms with Gasteiger partial charge in [0.2, 0.25) is 0 Å². The molecule has 1 aromatic carbocycles. The highest BCUT2D eigenvalue weighted by atomic mass is 16.6. The molecule has 86 valence electrons. The van der Waals surface area contributed by atoms with Crippen LogP contribution in [0.15, 0.2) is 24.3 Å². The summed E-state index contributed by atoms with van der Waals surface area (Å²) in [4.78, 5) is 12.8. The number of ether oxygens (including phenoxy) is 1. The third kappa shape index (κ3) is 1.76. The molecule has 2 rings (SSSR count). The van der Waals surface area contributed by atoms with E-state index in [0.29, 0.717) is 0 Å². The van der Waals surface area contributed by atoms with Crippen molar-refractivity contribution in [2.75, 3.05) is 13.7 Å². The Hall–Kier alpha value is -1.55. The van der Waals surface area contributed by atoms with Gasteiger partial charge in [-0.05, 0) is 12.5 Å². The van der Waals surface area contributed by atoms with Gasteiger partial charge < -0.3 is 14.7 Å². The first-order valence-corrected chi connectivity index (χ1v) is 5.24. The summed E-state index contributed by atoms with van der Waals surface area (Å²) < 4.78 is 5.25. The summed E-state index contributed by atoms with van der Waals surface area (Å²) in [5, 5.41) is 9.28. The first-order valence-electron chi connectivity index (χ1n) is 5.24. The lowest BCUT2D eigenvalue weighted by Gasteiger charge is -2.19.